The van der Waals surface area contributed by atoms with Gasteiger partial charge in [-0.2, -0.15) is 0 Å². The molecular weight excluding hydrogens is 228 g/mol. The van der Waals surface area contributed by atoms with Crippen LogP contribution < -0.4 is 17.0 Å². The molecule has 0 aromatic carbocycles. The van der Waals surface area contributed by atoms with Crippen molar-refractivity contribution in [2.75, 3.05) is 12.3 Å². The molecular formula is C13H22N4O. The van der Waals surface area contributed by atoms with Crippen LogP contribution in [0.1, 0.15) is 43.4 Å². The lowest BCUT2D eigenvalue weighted by atomic mass is 9.83. The fraction of sp³-hybridized carbons (Fsp3) is 0.615. The van der Waals surface area contributed by atoms with Crippen LogP contribution >= 0.6 is 0 Å². The number of aryl methyl sites for hydroxylation is 1. The molecule has 0 bridgehead atoms. The van der Waals surface area contributed by atoms with E-state index >= 15 is 0 Å². The van der Waals surface area contributed by atoms with E-state index in [1.54, 1.807) is 6.20 Å². The number of hydrogen-bond acceptors (Lipinski definition) is 5. The van der Waals surface area contributed by atoms with E-state index in [9.17, 15) is 0 Å². The third-order valence-corrected chi connectivity index (χ3v) is 3.80. The summed E-state index contributed by atoms with van der Waals surface area (Å²) in [6.07, 6.45) is 4.93. The number of nitrogens with zero attached hydrogens (tertiary/aromatic N) is 1. The van der Waals surface area contributed by atoms with Crippen molar-refractivity contribution in [1.29, 1.82) is 0 Å². The third-order valence-electron chi connectivity index (χ3n) is 3.80. The van der Waals surface area contributed by atoms with Gasteiger partial charge in [-0.25, -0.2) is 10.4 Å². The van der Waals surface area contributed by atoms with E-state index in [1.807, 2.05) is 13.0 Å². The summed E-state index contributed by atoms with van der Waals surface area (Å²) in [6.45, 7) is 4.88. The summed E-state index contributed by atoms with van der Waals surface area (Å²) in [5, 5.41) is 0. The Hall–Kier alpha value is -1.17. The van der Waals surface area contributed by atoms with Gasteiger partial charge in [-0.1, -0.05) is 0 Å². The zero-order valence-corrected chi connectivity index (χ0v) is 11.1. The molecule has 1 aromatic heterocycles. The molecule has 1 saturated heterocycles. The van der Waals surface area contributed by atoms with Crippen molar-refractivity contribution < 1.29 is 4.74 Å². The van der Waals surface area contributed by atoms with Gasteiger partial charge in [0.1, 0.15) is 5.82 Å². The normalized spacial score (nSPS) is 25.9. The predicted octanol–water partition coefficient (Wildman–Crippen LogP) is 1.44. The van der Waals surface area contributed by atoms with Crippen LogP contribution in [0.4, 0.5) is 5.82 Å². The number of hydrogen-bond donors (Lipinski definition) is 3. The number of nitrogens with one attached hydrogen (secondary N) is 1. The summed E-state index contributed by atoms with van der Waals surface area (Å²) in [6, 6.07) is 1.81. The highest BCUT2D eigenvalue weighted by Gasteiger charge is 2.39. The molecule has 0 saturated carbocycles. The minimum Gasteiger partial charge on any atom is -0.383 e. The summed E-state index contributed by atoms with van der Waals surface area (Å²) in [5.41, 5.74) is 10.6. The smallest absolute Gasteiger partial charge is 0.128 e. The number of anilines is 1. The maximum Gasteiger partial charge on any atom is 0.128 e. The number of nitrogen functional groups attached to an aromatic ring is 1. The van der Waals surface area contributed by atoms with Crippen LogP contribution in [-0.2, 0) is 4.74 Å². The summed E-state index contributed by atoms with van der Waals surface area (Å²) >= 11 is 0. The molecule has 1 fully saturated rings. The van der Waals surface area contributed by atoms with Crippen LogP contribution in [0.15, 0.2) is 12.3 Å². The van der Waals surface area contributed by atoms with Gasteiger partial charge in [-0.05, 0) is 44.7 Å². The van der Waals surface area contributed by atoms with Crippen molar-refractivity contribution in [3.05, 3.63) is 23.4 Å². The Morgan fingerprint density at radius 1 is 1.50 bits per heavy atom. The van der Waals surface area contributed by atoms with Crippen LogP contribution in [0.25, 0.3) is 0 Å². The minimum atomic E-state index is -0.324. The van der Waals surface area contributed by atoms with Gasteiger partial charge in [0.25, 0.3) is 0 Å². The first kappa shape index (κ1) is 13.3. The van der Waals surface area contributed by atoms with Gasteiger partial charge in [0.2, 0.25) is 0 Å². The maximum absolute atomic E-state index is 6.00. The van der Waals surface area contributed by atoms with Crippen LogP contribution in [-0.4, -0.2) is 17.2 Å². The van der Waals surface area contributed by atoms with E-state index in [-0.39, 0.29) is 11.6 Å². The molecule has 0 aliphatic carbocycles. The second-order valence-corrected chi connectivity index (χ2v) is 5.14. The molecule has 5 nitrogen and oxygen atoms in total. The first-order valence-corrected chi connectivity index (χ1v) is 6.39. The van der Waals surface area contributed by atoms with E-state index in [0.29, 0.717) is 5.82 Å². The van der Waals surface area contributed by atoms with Crippen molar-refractivity contribution in [1.82, 2.24) is 10.4 Å². The molecule has 5 N–H and O–H groups in total. The van der Waals surface area contributed by atoms with Gasteiger partial charge in [0.15, 0.2) is 0 Å². The van der Waals surface area contributed by atoms with E-state index in [0.717, 1.165) is 37.0 Å². The number of hydrazine groups is 1. The fourth-order valence-corrected chi connectivity index (χ4v) is 2.71. The highest BCUT2D eigenvalue weighted by Crippen LogP contribution is 2.38. The largest absolute Gasteiger partial charge is 0.383 e. The summed E-state index contributed by atoms with van der Waals surface area (Å²) in [7, 11) is 0. The first-order valence-electron chi connectivity index (χ1n) is 6.39. The molecule has 2 atom stereocenters. The summed E-state index contributed by atoms with van der Waals surface area (Å²) in [5.74, 6) is 6.27. The van der Waals surface area contributed by atoms with Crippen molar-refractivity contribution in [2.45, 2.75) is 44.8 Å². The Balaban J connectivity index is 2.38. The lowest BCUT2D eigenvalue weighted by Gasteiger charge is -2.41. The SMILES string of the molecule is Cc1ccnc(N)c1C(NN)C1(C)CCCCO1. The first-order chi connectivity index (χ1) is 8.58. The number of pyridine rings is 1. The van der Waals surface area contributed by atoms with Crippen molar-refractivity contribution in [3.63, 3.8) is 0 Å². The fourth-order valence-electron chi connectivity index (χ4n) is 2.71. The molecule has 1 aliphatic heterocycles. The number of aromatic nitrogens is 1. The highest BCUT2D eigenvalue weighted by atomic mass is 16.5. The molecule has 100 valence electrons. The Labute approximate surface area is 108 Å². The van der Waals surface area contributed by atoms with Gasteiger partial charge in [0.05, 0.1) is 11.6 Å². The zero-order chi connectivity index (χ0) is 13.2. The number of rotatable bonds is 3. The Kier molecular flexibility index (Phi) is 3.85. The topological polar surface area (TPSA) is 86.2 Å². The second kappa shape index (κ2) is 5.22. The van der Waals surface area contributed by atoms with Crippen molar-refractivity contribution in [2.24, 2.45) is 5.84 Å². The maximum atomic E-state index is 6.00. The standard InChI is InChI=1S/C13H22N4O/c1-9-5-7-16-12(14)10(9)11(17-15)13(2)6-3-4-8-18-13/h5,7,11,17H,3-4,6,8,15H2,1-2H3,(H2,14,16). The third kappa shape index (κ3) is 2.34. The van der Waals surface area contributed by atoms with Gasteiger partial charge < -0.3 is 10.5 Å². The second-order valence-electron chi connectivity index (χ2n) is 5.14. The average Bonchev–Trinajstić information content (AvgIpc) is 2.34. The molecule has 0 amide bonds. The average molecular weight is 250 g/mol. The van der Waals surface area contributed by atoms with Crippen LogP contribution in [0.5, 0.6) is 0 Å². The zero-order valence-electron chi connectivity index (χ0n) is 11.1. The van der Waals surface area contributed by atoms with E-state index in [1.165, 1.54) is 0 Å². The van der Waals surface area contributed by atoms with Crippen LogP contribution in [0.3, 0.4) is 0 Å². The predicted molar refractivity (Wildman–Crippen MR) is 71.7 cm³/mol. The molecule has 18 heavy (non-hydrogen) atoms. The highest BCUT2D eigenvalue weighted by molar-refractivity contribution is 5.47. The molecule has 1 aromatic rings. The number of nitrogens with two attached hydrogens (primary N) is 2. The monoisotopic (exact) mass is 250 g/mol. The summed E-state index contributed by atoms with van der Waals surface area (Å²) in [4.78, 5) is 4.16. The molecule has 2 rings (SSSR count). The Morgan fingerprint density at radius 2 is 2.28 bits per heavy atom. The van der Waals surface area contributed by atoms with E-state index < -0.39 is 0 Å². The van der Waals surface area contributed by atoms with E-state index in [4.69, 9.17) is 16.3 Å². The molecule has 0 radical (unpaired) electrons. The lowest BCUT2D eigenvalue weighted by Crippen LogP contribution is -2.48. The van der Waals surface area contributed by atoms with E-state index in [2.05, 4.69) is 17.3 Å². The Bertz CT molecular complexity index is 395. The van der Waals surface area contributed by atoms with Crippen molar-refractivity contribution >= 4 is 5.82 Å². The summed E-state index contributed by atoms with van der Waals surface area (Å²) < 4.78 is 5.96. The quantitative estimate of drug-likeness (QED) is 0.558. The molecule has 2 heterocycles. The van der Waals surface area contributed by atoms with Crippen LogP contribution in [0.2, 0.25) is 0 Å². The molecule has 0 spiro atoms. The lowest BCUT2D eigenvalue weighted by molar-refractivity contribution is -0.0899. The van der Waals surface area contributed by atoms with Crippen molar-refractivity contribution in [3.8, 4) is 0 Å². The molecule has 5 heteroatoms. The minimum absolute atomic E-state index is 0.133. The van der Waals surface area contributed by atoms with Gasteiger partial charge in [-0.15, -0.1) is 0 Å². The molecule has 2 unspecified atom stereocenters. The van der Waals surface area contributed by atoms with Gasteiger partial charge in [0, 0.05) is 18.4 Å². The van der Waals surface area contributed by atoms with Gasteiger partial charge in [-0.3, -0.25) is 5.84 Å². The molecule has 1 aliphatic rings. The number of ether oxygens (including phenoxy) is 1. The van der Waals surface area contributed by atoms with Gasteiger partial charge >= 0.3 is 0 Å². The Morgan fingerprint density at radius 3 is 2.83 bits per heavy atom. The van der Waals surface area contributed by atoms with Crippen LogP contribution in [0, 0.1) is 6.92 Å².